The number of nitro groups is 1. The summed E-state index contributed by atoms with van der Waals surface area (Å²) in [5.41, 5.74) is 2.18. The van der Waals surface area contributed by atoms with E-state index in [1.165, 1.54) is 31.2 Å². The van der Waals surface area contributed by atoms with E-state index in [1.54, 1.807) is 12.1 Å². The van der Waals surface area contributed by atoms with Crippen molar-refractivity contribution < 1.29 is 24.0 Å². The van der Waals surface area contributed by atoms with Crippen LogP contribution in [0.15, 0.2) is 70.9 Å². The zero-order chi connectivity index (χ0) is 24.2. The first-order chi connectivity index (χ1) is 15.8. The maximum absolute atomic E-state index is 11.8. The van der Waals surface area contributed by atoms with Crippen LogP contribution in [0.4, 0.5) is 27.5 Å². The van der Waals surface area contributed by atoms with Crippen molar-refractivity contribution in [2.75, 3.05) is 31.3 Å². The largest absolute Gasteiger partial charge is 0.460 e. The first kappa shape index (κ1) is 25.0. The highest BCUT2D eigenvalue weighted by Gasteiger charge is 2.09. The lowest BCUT2D eigenvalue weighted by Crippen LogP contribution is -2.34. The summed E-state index contributed by atoms with van der Waals surface area (Å²) in [5.74, 6) is -0.516. The summed E-state index contributed by atoms with van der Waals surface area (Å²) in [6, 6.07) is 12.9. The van der Waals surface area contributed by atoms with Gasteiger partial charge in [0.2, 0.25) is 0 Å². The highest BCUT2D eigenvalue weighted by molar-refractivity contribution is 5.86. The number of anilines is 1. The molecule has 0 saturated carbocycles. The SMILES string of the molecule is C=C(C)C(=O)OCCNC(=O)OCN(CC)c1ccc(N=Nc2ccc([N+](=O)[O-])cc2)cc1. The van der Waals surface area contributed by atoms with Gasteiger partial charge in [-0.05, 0) is 50.2 Å². The van der Waals surface area contributed by atoms with Crippen LogP contribution in [0.2, 0.25) is 0 Å². The average Bonchev–Trinajstić information content (AvgIpc) is 2.81. The second-order valence-corrected chi connectivity index (χ2v) is 6.75. The van der Waals surface area contributed by atoms with Gasteiger partial charge >= 0.3 is 12.1 Å². The van der Waals surface area contributed by atoms with Crippen LogP contribution in [0.5, 0.6) is 0 Å². The van der Waals surface area contributed by atoms with Crippen molar-refractivity contribution >= 4 is 34.8 Å². The molecule has 0 unspecified atom stereocenters. The summed E-state index contributed by atoms with van der Waals surface area (Å²) in [6.07, 6.45) is -0.631. The van der Waals surface area contributed by atoms with E-state index in [0.29, 0.717) is 17.9 Å². The highest BCUT2D eigenvalue weighted by atomic mass is 16.6. The zero-order valence-electron chi connectivity index (χ0n) is 18.4. The first-order valence-corrected chi connectivity index (χ1v) is 10.0. The van der Waals surface area contributed by atoms with Gasteiger partial charge in [-0.1, -0.05) is 6.58 Å². The third-order valence-electron chi connectivity index (χ3n) is 4.24. The molecule has 0 spiro atoms. The molecular formula is C22H25N5O6. The molecule has 0 heterocycles. The molecule has 0 aliphatic heterocycles. The molecule has 11 nitrogen and oxygen atoms in total. The van der Waals surface area contributed by atoms with E-state index in [4.69, 9.17) is 9.47 Å². The second-order valence-electron chi connectivity index (χ2n) is 6.75. The zero-order valence-corrected chi connectivity index (χ0v) is 18.4. The van der Waals surface area contributed by atoms with Crippen LogP contribution in [0, 0.1) is 10.1 Å². The topological polar surface area (TPSA) is 136 Å². The van der Waals surface area contributed by atoms with Crippen molar-refractivity contribution in [1.29, 1.82) is 0 Å². The standard InChI is InChI=1S/C22H25N5O6/c1-4-26(15-33-22(29)23-13-14-32-21(28)16(2)3)19-9-5-17(6-10-19)24-25-18-7-11-20(12-8-18)27(30)31/h5-12H,2,4,13-15H2,1,3H3,(H,23,29). The Labute approximate surface area is 190 Å². The predicted octanol–water partition coefficient (Wildman–Crippen LogP) is 4.64. The molecule has 2 aromatic carbocycles. The minimum absolute atomic E-state index is 0.0138. The number of nitro benzene ring substituents is 1. The third-order valence-corrected chi connectivity index (χ3v) is 4.24. The minimum Gasteiger partial charge on any atom is -0.460 e. The van der Waals surface area contributed by atoms with Crippen molar-refractivity contribution in [2.24, 2.45) is 10.2 Å². The molecule has 1 N–H and O–H groups in total. The second kappa shape index (κ2) is 12.5. The van der Waals surface area contributed by atoms with Crippen LogP contribution < -0.4 is 10.2 Å². The Morgan fingerprint density at radius 1 is 1.06 bits per heavy atom. The van der Waals surface area contributed by atoms with Gasteiger partial charge < -0.3 is 19.7 Å². The Balaban J connectivity index is 1.82. The monoisotopic (exact) mass is 455 g/mol. The molecule has 0 aliphatic carbocycles. The van der Waals surface area contributed by atoms with Gasteiger partial charge in [0.15, 0.2) is 6.73 Å². The molecule has 11 heteroatoms. The molecule has 0 fully saturated rings. The van der Waals surface area contributed by atoms with Crippen LogP contribution in [0.3, 0.4) is 0 Å². The number of carbonyl (C=O) groups is 2. The maximum atomic E-state index is 11.8. The minimum atomic E-state index is -0.631. The smallest absolute Gasteiger partial charge is 0.408 e. The van der Waals surface area contributed by atoms with Crippen LogP contribution in [0.25, 0.3) is 0 Å². The maximum Gasteiger partial charge on any atom is 0.408 e. The number of amides is 1. The van der Waals surface area contributed by atoms with Gasteiger partial charge in [-0.25, -0.2) is 9.59 Å². The lowest BCUT2D eigenvalue weighted by Gasteiger charge is -2.22. The van der Waals surface area contributed by atoms with Crippen molar-refractivity contribution in [2.45, 2.75) is 13.8 Å². The van der Waals surface area contributed by atoms with E-state index in [2.05, 4.69) is 22.1 Å². The first-order valence-electron chi connectivity index (χ1n) is 10.0. The molecule has 174 valence electrons. The van der Waals surface area contributed by atoms with Gasteiger partial charge in [0, 0.05) is 29.9 Å². The number of nitrogens with zero attached hydrogens (tertiary/aromatic N) is 4. The number of esters is 1. The predicted molar refractivity (Wildman–Crippen MR) is 122 cm³/mol. The molecule has 0 bridgehead atoms. The van der Waals surface area contributed by atoms with Gasteiger partial charge in [-0.2, -0.15) is 10.2 Å². The quantitative estimate of drug-likeness (QED) is 0.0991. The number of non-ortho nitro benzene ring substituents is 1. The normalized spacial score (nSPS) is 10.5. The molecule has 0 atom stereocenters. The van der Waals surface area contributed by atoms with Gasteiger partial charge in [0.05, 0.1) is 22.8 Å². The van der Waals surface area contributed by atoms with E-state index in [-0.39, 0.29) is 31.1 Å². The van der Waals surface area contributed by atoms with Gasteiger partial charge in [-0.3, -0.25) is 10.1 Å². The number of benzene rings is 2. The number of hydrogen-bond donors (Lipinski definition) is 1. The van der Waals surface area contributed by atoms with E-state index in [9.17, 15) is 19.7 Å². The summed E-state index contributed by atoms with van der Waals surface area (Å²) in [6.45, 7) is 7.69. The molecule has 1 amide bonds. The fourth-order valence-electron chi connectivity index (χ4n) is 2.44. The molecular weight excluding hydrogens is 430 g/mol. The molecule has 0 radical (unpaired) electrons. The van der Waals surface area contributed by atoms with E-state index < -0.39 is 17.0 Å². The number of rotatable bonds is 11. The molecule has 0 aliphatic rings. The fraction of sp³-hybridized carbons (Fsp3) is 0.273. The number of azo groups is 1. The van der Waals surface area contributed by atoms with Crippen LogP contribution in [-0.2, 0) is 14.3 Å². The van der Waals surface area contributed by atoms with Crippen molar-refractivity contribution in [3.05, 3.63) is 70.8 Å². The summed E-state index contributed by atoms with van der Waals surface area (Å²) in [4.78, 5) is 35.1. The number of carbonyl (C=O) groups excluding carboxylic acids is 2. The molecule has 0 saturated heterocycles. The van der Waals surface area contributed by atoms with Crippen LogP contribution >= 0.6 is 0 Å². The Hall–Kier alpha value is -4.28. The molecule has 33 heavy (non-hydrogen) atoms. The van der Waals surface area contributed by atoms with Gasteiger partial charge in [-0.15, -0.1) is 0 Å². The average molecular weight is 455 g/mol. The van der Waals surface area contributed by atoms with Crippen LogP contribution in [-0.4, -0.2) is 43.4 Å². The number of ether oxygens (including phenoxy) is 2. The Morgan fingerprint density at radius 2 is 1.64 bits per heavy atom. The van der Waals surface area contributed by atoms with Gasteiger partial charge in [0.1, 0.15) is 6.61 Å². The molecule has 0 aromatic heterocycles. The Kier molecular flexibility index (Phi) is 9.50. The summed E-state index contributed by atoms with van der Waals surface area (Å²) in [7, 11) is 0. The summed E-state index contributed by atoms with van der Waals surface area (Å²) >= 11 is 0. The lowest BCUT2D eigenvalue weighted by molar-refractivity contribution is -0.384. The number of hydrogen-bond acceptors (Lipinski definition) is 9. The van der Waals surface area contributed by atoms with Crippen molar-refractivity contribution in [1.82, 2.24) is 5.32 Å². The summed E-state index contributed by atoms with van der Waals surface area (Å²) < 4.78 is 10.1. The fourth-order valence-corrected chi connectivity index (χ4v) is 2.44. The highest BCUT2D eigenvalue weighted by Crippen LogP contribution is 2.23. The number of nitrogens with one attached hydrogen (secondary N) is 1. The van der Waals surface area contributed by atoms with Gasteiger partial charge in [0.25, 0.3) is 5.69 Å². The number of alkyl carbamates (subject to hydrolysis) is 1. The lowest BCUT2D eigenvalue weighted by atomic mass is 10.2. The molecule has 2 aromatic rings. The van der Waals surface area contributed by atoms with Crippen LogP contribution in [0.1, 0.15) is 13.8 Å². The third kappa shape index (κ3) is 8.40. The van der Waals surface area contributed by atoms with Crippen molar-refractivity contribution in [3.8, 4) is 0 Å². The summed E-state index contributed by atoms with van der Waals surface area (Å²) in [5, 5.41) is 21.4. The Bertz CT molecular complexity index is 1000. The molecule has 2 rings (SSSR count). The van der Waals surface area contributed by atoms with E-state index in [1.807, 2.05) is 24.0 Å². The van der Waals surface area contributed by atoms with E-state index in [0.717, 1.165) is 5.69 Å². The van der Waals surface area contributed by atoms with Crippen molar-refractivity contribution in [3.63, 3.8) is 0 Å². The van der Waals surface area contributed by atoms with E-state index >= 15 is 0 Å². The Morgan fingerprint density at radius 3 is 2.15 bits per heavy atom.